The van der Waals surface area contributed by atoms with E-state index >= 15 is 0 Å². The van der Waals surface area contributed by atoms with Crippen molar-refractivity contribution in [3.63, 3.8) is 0 Å². The quantitative estimate of drug-likeness (QED) is 0.702. The lowest BCUT2D eigenvalue weighted by Crippen LogP contribution is -2.37. The Kier molecular flexibility index (Phi) is 5.88. The Labute approximate surface area is 174 Å². The van der Waals surface area contributed by atoms with Gasteiger partial charge in [-0.1, -0.05) is 31.2 Å². The molecule has 1 amide bonds. The molecule has 0 unspecified atom stereocenters. The summed E-state index contributed by atoms with van der Waals surface area (Å²) in [5, 5.41) is 12.5. The zero-order chi connectivity index (χ0) is 21.9. The molecule has 2 aromatic carbocycles. The average molecular weight is 404 g/mol. The van der Waals surface area contributed by atoms with E-state index in [2.05, 4.69) is 16.4 Å². The molecule has 1 heterocycles. The number of benzene rings is 2. The standard InChI is InChI=1S/C23H24N4O3/c1-5-17(26-22(29)30-23(2,3)4)20-25-18-13-9-10-15(14-24)19(18)21(28)27(20)16-11-7-6-8-12-16/h6-13,17H,5H2,1-4H3,(H,26,29)/t17-/m0/s1. The van der Waals surface area contributed by atoms with Crippen LogP contribution in [-0.2, 0) is 4.74 Å². The van der Waals surface area contributed by atoms with Crippen LogP contribution < -0.4 is 10.9 Å². The number of aromatic nitrogens is 2. The van der Waals surface area contributed by atoms with Gasteiger partial charge in [0, 0.05) is 0 Å². The summed E-state index contributed by atoms with van der Waals surface area (Å²) in [6.07, 6.45) is -0.101. The average Bonchev–Trinajstić information content (AvgIpc) is 2.70. The number of carbonyl (C=O) groups is 1. The summed E-state index contributed by atoms with van der Waals surface area (Å²) in [5.41, 5.74) is 0.256. The van der Waals surface area contributed by atoms with Crippen molar-refractivity contribution in [2.75, 3.05) is 0 Å². The second-order valence-electron chi connectivity index (χ2n) is 7.86. The first-order valence-corrected chi connectivity index (χ1v) is 9.76. The predicted molar refractivity (Wildman–Crippen MR) is 114 cm³/mol. The van der Waals surface area contributed by atoms with Crippen molar-refractivity contribution in [3.05, 3.63) is 70.3 Å². The largest absolute Gasteiger partial charge is 0.444 e. The molecule has 30 heavy (non-hydrogen) atoms. The minimum atomic E-state index is -0.653. The maximum Gasteiger partial charge on any atom is 0.408 e. The first-order chi connectivity index (χ1) is 14.2. The molecule has 0 saturated heterocycles. The van der Waals surface area contributed by atoms with E-state index in [1.54, 1.807) is 51.1 Å². The van der Waals surface area contributed by atoms with Gasteiger partial charge < -0.3 is 10.1 Å². The first-order valence-electron chi connectivity index (χ1n) is 9.76. The molecule has 0 saturated carbocycles. The molecule has 0 radical (unpaired) electrons. The molecule has 1 atom stereocenters. The van der Waals surface area contributed by atoms with Crippen LogP contribution in [0.15, 0.2) is 53.3 Å². The van der Waals surface area contributed by atoms with Crippen molar-refractivity contribution < 1.29 is 9.53 Å². The normalized spacial score (nSPS) is 12.2. The second kappa shape index (κ2) is 8.37. The van der Waals surface area contributed by atoms with E-state index < -0.39 is 17.7 Å². The van der Waals surface area contributed by atoms with Gasteiger partial charge in [-0.2, -0.15) is 5.26 Å². The fourth-order valence-corrected chi connectivity index (χ4v) is 3.20. The highest BCUT2D eigenvalue weighted by molar-refractivity contribution is 5.84. The van der Waals surface area contributed by atoms with Gasteiger partial charge >= 0.3 is 6.09 Å². The SMILES string of the molecule is CC[C@H](NC(=O)OC(C)(C)C)c1nc2cccc(C#N)c2c(=O)n1-c1ccccc1. The van der Waals surface area contributed by atoms with Crippen LogP contribution in [0.5, 0.6) is 0 Å². The van der Waals surface area contributed by atoms with E-state index in [0.717, 1.165) is 0 Å². The summed E-state index contributed by atoms with van der Waals surface area (Å²) in [6.45, 7) is 7.24. The predicted octanol–water partition coefficient (Wildman–Crippen LogP) is 4.23. The first kappa shape index (κ1) is 21.1. The molecule has 3 aromatic rings. The van der Waals surface area contributed by atoms with Crippen molar-refractivity contribution in [1.82, 2.24) is 14.9 Å². The molecule has 3 rings (SSSR count). The third-order valence-corrected chi connectivity index (χ3v) is 4.47. The Bertz CT molecular complexity index is 1170. The van der Waals surface area contributed by atoms with Crippen LogP contribution in [0.3, 0.4) is 0 Å². The number of fused-ring (bicyclic) bond motifs is 1. The maximum absolute atomic E-state index is 13.5. The number of hydrogen-bond acceptors (Lipinski definition) is 5. The molecule has 1 aromatic heterocycles. The number of amides is 1. The van der Waals surface area contributed by atoms with Gasteiger partial charge in [-0.25, -0.2) is 9.78 Å². The Morgan fingerprint density at radius 2 is 1.90 bits per heavy atom. The molecule has 7 heteroatoms. The summed E-state index contributed by atoms with van der Waals surface area (Å²) in [6, 6.07) is 15.5. The summed E-state index contributed by atoms with van der Waals surface area (Å²) in [4.78, 5) is 30.6. The number of alkyl carbamates (subject to hydrolysis) is 1. The van der Waals surface area contributed by atoms with Crippen molar-refractivity contribution in [2.45, 2.75) is 45.8 Å². The third kappa shape index (κ3) is 4.33. The molecule has 0 aliphatic heterocycles. The van der Waals surface area contributed by atoms with Crippen molar-refractivity contribution in [3.8, 4) is 11.8 Å². The highest BCUT2D eigenvalue weighted by Crippen LogP contribution is 2.22. The van der Waals surface area contributed by atoms with Crippen LogP contribution in [-0.4, -0.2) is 21.2 Å². The van der Waals surface area contributed by atoms with Gasteiger partial charge in [0.05, 0.1) is 28.2 Å². The van der Waals surface area contributed by atoms with Crippen LogP contribution in [0.4, 0.5) is 4.79 Å². The molecule has 0 spiro atoms. The minimum absolute atomic E-state index is 0.250. The van der Waals surface area contributed by atoms with Gasteiger partial charge in [-0.3, -0.25) is 9.36 Å². The molecular formula is C23H24N4O3. The smallest absolute Gasteiger partial charge is 0.408 e. The molecule has 0 fully saturated rings. The van der Waals surface area contributed by atoms with Gasteiger partial charge in [0.15, 0.2) is 0 Å². The van der Waals surface area contributed by atoms with E-state index in [-0.39, 0.29) is 16.5 Å². The number of ether oxygens (including phenoxy) is 1. The van der Waals surface area contributed by atoms with Gasteiger partial charge in [-0.05, 0) is 51.5 Å². The zero-order valence-corrected chi connectivity index (χ0v) is 17.5. The Morgan fingerprint density at radius 1 is 1.20 bits per heavy atom. The van der Waals surface area contributed by atoms with Crippen LogP contribution in [0.1, 0.15) is 51.5 Å². The molecule has 1 N–H and O–H groups in total. The van der Waals surface area contributed by atoms with Gasteiger partial charge in [0.25, 0.3) is 5.56 Å². The number of hydrogen-bond donors (Lipinski definition) is 1. The van der Waals surface area contributed by atoms with Crippen molar-refractivity contribution >= 4 is 17.0 Å². The fraction of sp³-hybridized carbons (Fsp3) is 0.304. The minimum Gasteiger partial charge on any atom is -0.444 e. The molecule has 0 bridgehead atoms. The van der Waals surface area contributed by atoms with E-state index in [4.69, 9.17) is 4.74 Å². The zero-order valence-electron chi connectivity index (χ0n) is 17.5. The van der Waals surface area contributed by atoms with Gasteiger partial charge in [0.1, 0.15) is 17.5 Å². The molecule has 154 valence electrons. The summed E-state index contributed by atoms with van der Waals surface area (Å²) in [5.74, 6) is 0.377. The van der Waals surface area contributed by atoms with E-state index in [1.807, 2.05) is 25.1 Å². The highest BCUT2D eigenvalue weighted by atomic mass is 16.6. The number of para-hydroxylation sites is 1. The topological polar surface area (TPSA) is 97.0 Å². The molecular weight excluding hydrogens is 380 g/mol. The number of carbonyl (C=O) groups excluding carboxylic acids is 1. The number of nitrogens with one attached hydrogen (secondary N) is 1. The van der Waals surface area contributed by atoms with Crippen LogP contribution in [0, 0.1) is 11.3 Å². The maximum atomic E-state index is 13.5. The Hall–Kier alpha value is -3.66. The Balaban J connectivity index is 2.23. The van der Waals surface area contributed by atoms with Crippen molar-refractivity contribution in [1.29, 1.82) is 5.26 Å². The summed E-state index contributed by atoms with van der Waals surface area (Å²) >= 11 is 0. The van der Waals surface area contributed by atoms with E-state index in [0.29, 0.717) is 23.4 Å². The highest BCUT2D eigenvalue weighted by Gasteiger charge is 2.25. The van der Waals surface area contributed by atoms with Crippen LogP contribution >= 0.6 is 0 Å². The number of rotatable bonds is 4. The lowest BCUT2D eigenvalue weighted by atomic mass is 10.1. The number of nitrogens with zero attached hydrogens (tertiary/aromatic N) is 3. The van der Waals surface area contributed by atoms with Gasteiger partial charge in [0.2, 0.25) is 0 Å². The van der Waals surface area contributed by atoms with Crippen LogP contribution in [0.2, 0.25) is 0 Å². The van der Waals surface area contributed by atoms with E-state index in [9.17, 15) is 14.9 Å². The van der Waals surface area contributed by atoms with Crippen molar-refractivity contribution in [2.24, 2.45) is 0 Å². The lowest BCUT2D eigenvalue weighted by Gasteiger charge is -2.24. The molecule has 7 nitrogen and oxygen atoms in total. The van der Waals surface area contributed by atoms with Crippen LogP contribution in [0.25, 0.3) is 16.6 Å². The van der Waals surface area contributed by atoms with Gasteiger partial charge in [-0.15, -0.1) is 0 Å². The molecule has 0 aliphatic carbocycles. The number of nitriles is 1. The monoisotopic (exact) mass is 404 g/mol. The lowest BCUT2D eigenvalue weighted by molar-refractivity contribution is 0.0499. The second-order valence-corrected chi connectivity index (χ2v) is 7.86. The Morgan fingerprint density at radius 3 is 2.50 bits per heavy atom. The summed E-state index contributed by atoms with van der Waals surface area (Å²) < 4.78 is 6.84. The van der Waals surface area contributed by atoms with E-state index in [1.165, 1.54) is 4.57 Å². The molecule has 0 aliphatic rings. The summed E-state index contributed by atoms with van der Waals surface area (Å²) in [7, 11) is 0. The fourth-order valence-electron chi connectivity index (χ4n) is 3.20. The third-order valence-electron chi connectivity index (χ3n) is 4.47.